The van der Waals surface area contributed by atoms with Gasteiger partial charge in [-0.1, -0.05) is 6.92 Å². The number of imidazole rings is 1. The molecule has 1 aliphatic heterocycles. The van der Waals surface area contributed by atoms with Gasteiger partial charge in [0.05, 0.1) is 13.2 Å². The van der Waals surface area contributed by atoms with Crippen molar-refractivity contribution in [3.63, 3.8) is 0 Å². The second-order valence-electron chi connectivity index (χ2n) is 7.23. The number of aromatic nitrogens is 2. The van der Waals surface area contributed by atoms with Crippen molar-refractivity contribution in [2.24, 2.45) is 0 Å². The molecule has 26 heavy (non-hydrogen) atoms. The molecule has 6 nitrogen and oxygen atoms in total. The lowest BCUT2D eigenvalue weighted by Crippen LogP contribution is -2.41. The molecule has 1 aromatic carbocycles. The van der Waals surface area contributed by atoms with E-state index in [0.29, 0.717) is 13.0 Å². The molecule has 1 atom stereocenters. The number of rotatable bonds is 6. The van der Waals surface area contributed by atoms with E-state index in [2.05, 4.69) is 17.2 Å². The first-order chi connectivity index (χ1) is 12.4. The highest BCUT2D eigenvalue weighted by atomic mass is 16.5. The molecule has 2 heterocycles. The van der Waals surface area contributed by atoms with Gasteiger partial charge in [-0.3, -0.25) is 4.79 Å². The molecule has 0 fully saturated rings. The lowest BCUT2D eigenvalue weighted by Gasteiger charge is -2.38. The van der Waals surface area contributed by atoms with Gasteiger partial charge >= 0.3 is 0 Å². The Kier molecular flexibility index (Phi) is 5.20. The molecule has 0 saturated carbocycles. The van der Waals surface area contributed by atoms with Crippen LogP contribution in [-0.4, -0.2) is 28.2 Å². The molecule has 0 aliphatic carbocycles. The van der Waals surface area contributed by atoms with Crippen LogP contribution in [0.4, 0.5) is 0 Å². The van der Waals surface area contributed by atoms with Gasteiger partial charge in [-0.05, 0) is 26.0 Å². The summed E-state index contributed by atoms with van der Waals surface area (Å²) in [4.78, 5) is 16.8. The minimum Gasteiger partial charge on any atom is -0.497 e. The Hall–Kier alpha value is -2.50. The van der Waals surface area contributed by atoms with Gasteiger partial charge in [0.1, 0.15) is 22.9 Å². The quantitative estimate of drug-likeness (QED) is 0.862. The van der Waals surface area contributed by atoms with E-state index in [-0.39, 0.29) is 17.6 Å². The molecule has 1 aromatic heterocycles. The highest BCUT2D eigenvalue weighted by molar-refractivity contribution is 5.76. The van der Waals surface area contributed by atoms with Gasteiger partial charge < -0.3 is 19.4 Å². The van der Waals surface area contributed by atoms with E-state index in [9.17, 15) is 4.79 Å². The number of aryl methyl sites for hydroxylation is 2. The number of hydrogen-bond acceptors (Lipinski definition) is 4. The number of ether oxygens (including phenoxy) is 2. The number of amides is 1. The Morgan fingerprint density at radius 3 is 3.00 bits per heavy atom. The van der Waals surface area contributed by atoms with Crippen LogP contribution in [0.25, 0.3) is 0 Å². The van der Waals surface area contributed by atoms with Crippen molar-refractivity contribution in [2.75, 3.05) is 7.11 Å². The van der Waals surface area contributed by atoms with E-state index in [1.165, 1.54) is 0 Å². The van der Waals surface area contributed by atoms with E-state index >= 15 is 0 Å². The van der Waals surface area contributed by atoms with Gasteiger partial charge in [-0.15, -0.1) is 0 Å². The number of fused-ring (bicyclic) bond motifs is 1. The van der Waals surface area contributed by atoms with Gasteiger partial charge in [-0.25, -0.2) is 4.98 Å². The third-order valence-corrected chi connectivity index (χ3v) is 4.71. The van der Waals surface area contributed by atoms with Crippen LogP contribution in [0.3, 0.4) is 0 Å². The molecule has 2 aromatic rings. The van der Waals surface area contributed by atoms with Crippen LogP contribution in [0.1, 0.15) is 51.0 Å². The number of methoxy groups -OCH3 is 1. The second-order valence-corrected chi connectivity index (χ2v) is 7.23. The number of hydrogen-bond donors (Lipinski definition) is 1. The fourth-order valence-electron chi connectivity index (χ4n) is 3.43. The first-order valence-electron chi connectivity index (χ1n) is 9.08. The molecule has 0 spiro atoms. The van der Waals surface area contributed by atoms with E-state index in [4.69, 9.17) is 9.47 Å². The van der Waals surface area contributed by atoms with Gasteiger partial charge in [0.25, 0.3) is 0 Å². The van der Waals surface area contributed by atoms with Gasteiger partial charge in [0.15, 0.2) is 0 Å². The third-order valence-electron chi connectivity index (χ3n) is 4.71. The molecule has 1 N–H and O–H groups in total. The predicted octanol–water partition coefficient (Wildman–Crippen LogP) is 3.26. The minimum absolute atomic E-state index is 0.0326. The molecule has 140 valence electrons. The molecular weight excluding hydrogens is 330 g/mol. The average Bonchev–Trinajstić information content (AvgIpc) is 3.06. The van der Waals surface area contributed by atoms with Crippen molar-refractivity contribution < 1.29 is 14.3 Å². The van der Waals surface area contributed by atoms with Gasteiger partial charge in [0.2, 0.25) is 5.91 Å². The van der Waals surface area contributed by atoms with Crippen LogP contribution in [0.5, 0.6) is 11.5 Å². The van der Waals surface area contributed by atoms with Crippen LogP contribution in [0.2, 0.25) is 0 Å². The summed E-state index contributed by atoms with van der Waals surface area (Å²) in [6, 6.07) is 5.69. The molecular formula is C20H27N3O3. The minimum atomic E-state index is -0.350. The second kappa shape index (κ2) is 7.40. The zero-order valence-corrected chi connectivity index (χ0v) is 15.9. The van der Waals surface area contributed by atoms with Crippen molar-refractivity contribution in [3.8, 4) is 11.5 Å². The molecule has 6 heteroatoms. The van der Waals surface area contributed by atoms with Gasteiger partial charge in [0, 0.05) is 49.8 Å². The number of benzene rings is 1. The zero-order chi connectivity index (χ0) is 18.7. The summed E-state index contributed by atoms with van der Waals surface area (Å²) in [5.74, 6) is 2.56. The maximum Gasteiger partial charge on any atom is 0.222 e. The summed E-state index contributed by atoms with van der Waals surface area (Å²) in [7, 11) is 1.63. The molecule has 3 rings (SSSR count). The Bertz CT molecular complexity index is 782. The summed E-state index contributed by atoms with van der Waals surface area (Å²) in [6.45, 7) is 6.77. The lowest BCUT2D eigenvalue weighted by atomic mass is 9.89. The maximum atomic E-state index is 12.5. The monoisotopic (exact) mass is 357 g/mol. The highest BCUT2D eigenvalue weighted by Crippen LogP contribution is 2.41. The Morgan fingerprint density at radius 1 is 1.46 bits per heavy atom. The maximum absolute atomic E-state index is 12.5. The number of carbonyl (C=O) groups is 1. The SMILES string of the molecule is CCc1nccn1CCC(=O)N[C@@H]1CC(C)(C)Oc2cc(OC)ccc21. The summed E-state index contributed by atoms with van der Waals surface area (Å²) >= 11 is 0. The molecule has 1 amide bonds. The molecule has 0 saturated heterocycles. The molecule has 0 unspecified atom stereocenters. The Labute approximate surface area is 154 Å². The van der Waals surface area contributed by atoms with Crippen LogP contribution >= 0.6 is 0 Å². The van der Waals surface area contributed by atoms with Crippen molar-refractivity contribution in [1.82, 2.24) is 14.9 Å². The fourth-order valence-corrected chi connectivity index (χ4v) is 3.43. The van der Waals surface area contributed by atoms with Crippen LogP contribution in [-0.2, 0) is 17.8 Å². The van der Waals surface area contributed by atoms with E-state index < -0.39 is 0 Å². The summed E-state index contributed by atoms with van der Waals surface area (Å²) in [6.07, 6.45) is 5.71. The first kappa shape index (κ1) is 18.3. The highest BCUT2D eigenvalue weighted by Gasteiger charge is 2.34. The first-order valence-corrected chi connectivity index (χ1v) is 9.08. The Morgan fingerprint density at radius 2 is 2.27 bits per heavy atom. The smallest absolute Gasteiger partial charge is 0.222 e. The molecule has 1 aliphatic rings. The summed E-state index contributed by atoms with van der Waals surface area (Å²) < 4.78 is 13.4. The van der Waals surface area contributed by atoms with E-state index in [1.54, 1.807) is 13.3 Å². The van der Waals surface area contributed by atoms with Crippen molar-refractivity contribution >= 4 is 5.91 Å². The summed E-state index contributed by atoms with van der Waals surface area (Å²) in [5, 5.41) is 3.17. The average molecular weight is 357 g/mol. The van der Waals surface area contributed by atoms with Crippen LogP contribution in [0, 0.1) is 0 Å². The van der Waals surface area contributed by atoms with E-state index in [0.717, 1.165) is 35.7 Å². The lowest BCUT2D eigenvalue weighted by molar-refractivity contribution is -0.122. The molecule has 0 radical (unpaired) electrons. The number of nitrogens with zero attached hydrogens (tertiary/aromatic N) is 2. The van der Waals surface area contributed by atoms with E-state index in [1.807, 2.05) is 42.8 Å². The predicted molar refractivity (Wildman–Crippen MR) is 99.4 cm³/mol. The normalized spacial score (nSPS) is 17.9. The van der Waals surface area contributed by atoms with Crippen LogP contribution < -0.4 is 14.8 Å². The molecule has 0 bridgehead atoms. The van der Waals surface area contributed by atoms with Crippen molar-refractivity contribution in [3.05, 3.63) is 42.0 Å². The Balaban J connectivity index is 1.70. The van der Waals surface area contributed by atoms with Crippen molar-refractivity contribution in [1.29, 1.82) is 0 Å². The topological polar surface area (TPSA) is 65.4 Å². The van der Waals surface area contributed by atoms with Crippen molar-refractivity contribution in [2.45, 2.75) is 58.2 Å². The third kappa shape index (κ3) is 4.00. The van der Waals surface area contributed by atoms with Crippen LogP contribution in [0.15, 0.2) is 30.6 Å². The standard InChI is InChI=1S/C20H27N3O3/c1-5-18-21-9-11-23(18)10-8-19(24)22-16-13-20(2,3)26-17-12-14(25-4)6-7-15(16)17/h6-7,9,11-12,16H,5,8,10,13H2,1-4H3,(H,22,24)/t16-/m1/s1. The zero-order valence-electron chi connectivity index (χ0n) is 15.9. The number of nitrogens with one attached hydrogen (secondary N) is 1. The largest absolute Gasteiger partial charge is 0.497 e. The number of carbonyl (C=O) groups excluding carboxylic acids is 1. The fraction of sp³-hybridized carbons (Fsp3) is 0.500. The van der Waals surface area contributed by atoms with Gasteiger partial charge in [-0.2, -0.15) is 0 Å². The summed E-state index contributed by atoms with van der Waals surface area (Å²) in [5.41, 5.74) is 0.646.